The number of anilines is 1. The molecule has 30 heavy (non-hydrogen) atoms. The number of halogens is 1. The van der Waals surface area contributed by atoms with E-state index in [1.165, 1.54) is 4.90 Å². The third-order valence-electron chi connectivity index (χ3n) is 5.68. The third kappa shape index (κ3) is 3.68. The van der Waals surface area contributed by atoms with Gasteiger partial charge in [-0.25, -0.2) is 0 Å². The number of thioether (sulfide) groups is 1. The molecular weight excluding hydrogens is 416 g/mol. The Labute approximate surface area is 186 Å². The average molecular weight is 439 g/mol. The molecule has 0 saturated carbocycles. The lowest BCUT2D eigenvalue weighted by Gasteiger charge is -2.40. The van der Waals surface area contributed by atoms with E-state index in [4.69, 9.17) is 11.6 Å². The van der Waals surface area contributed by atoms with E-state index >= 15 is 0 Å². The van der Waals surface area contributed by atoms with Crippen LogP contribution in [0.1, 0.15) is 37.5 Å². The molecular formula is C24H23ClN2O2S. The summed E-state index contributed by atoms with van der Waals surface area (Å²) in [6.07, 6.45) is 3.95. The van der Waals surface area contributed by atoms with Gasteiger partial charge < -0.3 is 4.90 Å². The number of carbonyl (C=O) groups excluding carboxylic acids is 2. The molecule has 0 N–H and O–H groups in total. The van der Waals surface area contributed by atoms with Crippen LogP contribution in [0, 0.1) is 0 Å². The van der Waals surface area contributed by atoms with Crippen LogP contribution in [-0.2, 0) is 11.3 Å². The molecule has 2 aromatic carbocycles. The molecule has 0 spiro atoms. The first-order valence-electron chi connectivity index (χ1n) is 9.74. The van der Waals surface area contributed by atoms with Crippen LogP contribution in [0.4, 0.5) is 10.5 Å². The largest absolute Gasteiger partial charge is 0.365 e. The van der Waals surface area contributed by atoms with Crippen LogP contribution in [0.3, 0.4) is 0 Å². The molecule has 4 rings (SSSR count). The van der Waals surface area contributed by atoms with Crippen LogP contribution in [-0.4, -0.2) is 28.6 Å². The molecule has 0 aromatic heterocycles. The van der Waals surface area contributed by atoms with Crippen molar-refractivity contribution in [2.45, 2.75) is 32.9 Å². The minimum Gasteiger partial charge on any atom is -0.365 e. The zero-order valence-electron chi connectivity index (χ0n) is 17.4. The standard InChI is InChI=1S/C24H23ClN2O2S/c1-15-13-24(2,3)26(4)20-12-19(25)17(10-18(15)20)11-21-22(28)27(23(29)30-21)14-16-8-6-5-7-9-16/h5-13H,14H2,1-4H3/b21-11-. The number of imide groups is 1. The summed E-state index contributed by atoms with van der Waals surface area (Å²) in [5.74, 6) is -0.284. The van der Waals surface area contributed by atoms with Gasteiger partial charge in [0.05, 0.1) is 17.0 Å². The Balaban J connectivity index is 1.67. The van der Waals surface area contributed by atoms with Crippen LogP contribution in [0.5, 0.6) is 0 Å². The average Bonchev–Trinajstić information content (AvgIpc) is 2.95. The van der Waals surface area contributed by atoms with Gasteiger partial charge in [-0.1, -0.05) is 48.0 Å². The molecule has 2 heterocycles. The lowest BCUT2D eigenvalue weighted by molar-refractivity contribution is -0.123. The van der Waals surface area contributed by atoms with E-state index in [0.29, 0.717) is 9.93 Å². The summed E-state index contributed by atoms with van der Waals surface area (Å²) >= 11 is 7.54. The van der Waals surface area contributed by atoms with Gasteiger partial charge in [0.2, 0.25) is 0 Å². The molecule has 0 unspecified atom stereocenters. The zero-order chi connectivity index (χ0) is 21.6. The monoisotopic (exact) mass is 438 g/mol. The number of benzene rings is 2. The second-order valence-corrected chi connectivity index (χ2v) is 9.58. The van der Waals surface area contributed by atoms with Crippen LogP contribution >= 0.6 is 23.4 Å². The maximum absolute atomic E-state index is 12.9. The first-order valence-corrected chi connectivity index (χ1v) is 10.9. The van der Waals surface area contributed by atoms with Crippen molar-refractivity contribution in [3.63, 3.8) is 0 Å². The fourth-order valence-electron chi connectivity index (χ4n) is 3.84. The van der Waals surface area contributed by atoms with Crippen molar-refractivity contribution >= 4 is 51.8 Å². The molecule has 1 saturated heterocycles. The second-order valence-electron chi connectivity index (χ2n) is 8.18. The minimum absolute atomic E-state index is 0.109. The smallest absolute Gasteiger partial charge is 0.293 e. The van der Waals surface area contributed by atoms with E-state index in [1.807, 2.05) is 49.5 Å². The fourth-order valence-corrected chi connectivity index (χ4v) is 4.88. The molecule has 2 aromatic rings. The number of carbonyl (C=O) groups is 2. The van der Waals surface area contributed by atoms with Crippen LogP contribution < -0.4 is 4.90 Å². The molecule has 0 atom stereocenters. The highest BCUT2D eigenvalue weighted by atomic mass is 35.5. The van der Waals surface area contributed by atoms with Crippen LogP contribution in [0.25, 0.3) is 11.6 Å². The van der Waals surface area contributed by atoms with Crippen molar-refractivity contribution in [1.82, 2.24) is 4.90 Å². The summed E-state index contributed by atoms with van der Waals surface area (Å²) in [4.78, 5) is 29.2. The minimum atomic E-state index is -0.284. The van der Waals surface area contributed by atoms with Crippen molar-refractivity contribution in [3.05, 3.63) is 75.2 Å². The summed E-state index contributed by atoms with van der Waals surface area (Å²) in [5.41, 5.74) is 4.84. The number of hydrogen-bond donors (Lipinski definition) is 0. The molecule has 2 aliphatic heterocycles. The van der Waals surface area contributed by atoms with Gasteiger partial charge in [-0.2, -0.15) is 0 Å². The van der Waals surface area contributed by atoms with Crippen molar-refractivity contribution in [2.24, 2.45) is 0 Å². The van der Waals surface area contributed by atoms with Crippen molar-refractivity contribution in [1.29, 1.82) is 0 Å². The van der Waals surface area contributed by atoms with Crippen LogP contribution in [0.2, 0.25) is 5.02 Å². The van der Waals surface area contributed by atoms with Gasteiger partial charge in [0, 0.05) is 23.3 Å². The van der Waals surface area contributed by atoms with Crippen LogP contribution in [0.15, 0.2) is 53.4 Å². The summed E-state index contributed by atoms with van der Waals surface area (Å²) in [7, 11) is 2.05. The normalized spacial score (nSPS) is 19.4. The van der Waals surface area contributed by atoms with E-state index in [2.05, 4.69) is 31.7 Å². The molecule has 0 aliphatic carbocycles. The van der Waals surface area contributed by atoms with Gasteiger partial charge in [0.25, 0.3) is 11.1 Å². The third-order valence-corrected chi connectivity index (χ3v) is 6.91. The van der Waals surface area contributed by atoms with Gasteiger partial charge in [-0.05, 0) is 67.4 Å². The number of rotatable bonds is 3. The quantitative estimate of drug-likeness (QED) is 0.534. The summed E-state index contributed by atoms with van der Waals surface area (Å²) in [6.45, 7) is 6.66. The number of amides is 2. The van der Waals surface area contributed by atoms with E-state index in [1.54, 1.807) is 6.08 Å². The highest BCUT2D eigenvalue weighted by Crippen LogP contribution is 2.42. The molecule has 0 bridgehead atoms. The lowest BCUT2D eigenvalue weighted by atomic mass is 9.88. The Kier molecular flexibility index (Phi) is 5.28. The van der Waals surface area contributed by atoms with E-state index in [9.17, 15) is 9.59 Å². The number of allylic oxidation sites excluding steroid dienone is 1. The van der Waals surface area contributed by atoms with Gasteiger partial charge in [-0.3, -0.25) is 14.5 Å². The maximum atomic E-state index is 12.9. The topological polar surface area (TPSA) is 40.6 Å². The number of nitrogens with zero attached hydrogens (tertiary/aromatic N) is 2. The Morgan fingerprint density at radius 1 is 1.13 bits per heavy atom. The highest BCUT2D eigenvalue weighted by Gasteiger charge is 2.35. The van der Waals surface area contributed by atoms with Crippen molar-refractivity contribution < 1.29 is 9.59 Å². The predicted octanol–water partition coefficient (Wildman–Crippen LogP) is 6.21. The van der Waals surface area contributed by atoms with Gasteiger partial charge in [-0.15, -0.1) is 0 Å². The van der Waals surface area contributed by atoms with E-state index < -0.39 is 0 Å². The summed E-state index contributed by atoms with van der Waals surface area (Å²) < 4.78 is 0. The maximum Gasteiger partial charge on any atom is 0.293 e. The van der Waals surface area contributed by atoms with Gasteiger partial charge >= 0.3 is 0 Å². The Bertz CT molecular complexity index is 1110. The molecule has 0 radical (unpaired) electrons. The first kappa shape index (κ1) is 20.8. The Hall–Kier alpha value is -2.50. The number of likely N-dealkylation sites (N-methyl/N-ethyl adjacent to an activating group) is 1. The molecule has 6 heteroatoms. The van der Waals surface area contributed by atoms with E-state index in [0.717, 1.165) is 39.7 Å². The van der Waals surface area contributed by atoms with Crippen molar-refractivity contribution in [3.8, 4) is 0 Å². The van der Waals surface area contributed by atoms with E-state index in [-0.39, 0.29) is 23.2 Å². The molecule has 154 valence electrons. The SMILES string of the molecule is CC1=CC(C)(C)N(C)c2cc(Cl)c(/C=C3\SC(=O)N(Cc4ccccc4)C3=O)cc21. The Morgan fingerprint density at radius 3 is 2.53 bits per heavy atom. The number of hydrogen-bond acceptors (Lipinski definition) is 4. The fraction of sp³-hybridized carbons (Fsp3) is 0.250. The molecule has 2 amide bonds. The number of fused-ring (bicyclic) bond motifs is 1. The predicted molar refractivity (Wildman–Crippen MR) is 126 cm³/mol. The first-order chi connectivity index (χ1) is 14.2. The van der Waals surface area contributed by atoms with Gasteiger partial charge in [0.15, 0.2) is 0 Å². The summed E-state index contributed by atoms with van der Waals surface area (Å²) in [5, 5.41) is 0.294. The molecule has 1 fully saturated rings. The molecule has 2 aliphatic rings. The van der Waals surface area contributed by atoms with Crippen molar-refractivity contribution in [2.75, 3.05) is 11.9 Å². The molecule has 4 nitrogen and oxygen atoms in total. The van der Waals surface area contributed by atoms with Gasteiger partial charge in [0.1, 0.15) is 0 Å². The lowest BCUT2D eigenvalue weighted by Crippen LogP contribution is -2.42. The highest BCUT2D eigenvalue weighted by molar-refractivity contribution is 8.18. The zero-order valence-corrected chi connectivity index (χ0v) is 19.0. The summed E-state index contributed by atoms with van der Waals surface area (Å²) in [6, 6.07) is 13.4. The second kappa shape index (κ2) is 7.64. The Morgan fingerprint density at radius 2 is 1.83 bits per heavy atom.